The van der Waals surface area contributed by atoms with E-state index in [-0.39, 0.29) is 0 Å². The Morgan fingerprint density at radius 2 is 2.05 bits per heavy atom. The van der Waals surface area contributed by atoms with Crippen molar-refractivity contribution in [1.82, 2.24) is 5.32 Å². The summed E-state index contributed by atoms with van der Waals surface area (Å²) in [4.78, 5) is 0. The molecule has 0 radical (unpaired) electrons. The van der Waals surface area contributed by atoms with Crippen LogP contribution in [-0.2, 0) is 6.42 Å². The van der Waals surface area contributed by atoms with Gasteiger partial charge in [0, 0.05) is 18.5 Å². The van der Waals surface area contributed by atoms with E-state index in [0.29, 0.717) is 12.1 Å². The van der Waals surface area contributed by atoms with Crippen LogP contribution in [-0.4, -0.2) is 12.6 Å². The van der Waals surface area contributed by atoms with Crippen LogP contribution < -0.4 is 10.1 Å². The van der Waals surface area contributed by atoms with E-state index in [1.165, 1.54) is 17.5 Å². The SMILES string of the molecule is CCC(NC(C)CC(C)C)c1ccc2c(c1)CCO2. The average Bonchev–Trinajstić information content (AvgIpc) is 2.82. The Morgan fingerprint density at radius 3 is 2.74 bits per heavy atom. The molecule has 0 bridgehead atoms. The van der Waals surface area contributed by atoms with Crippen LogP contribution in [0.3, 0.4) is 0 Å². The highest BCUT2D eigenvalue weighted by molar-refractivity contribution is 5.40. The average molecular weight is 261 g/mol. The van der Waals surface area contributed by atoms with Gasteiger partial charge >= 0.3 is 0 Å². The topological polar surface area (TPSA) is 21.3 Å². The van der Waals surface area contributed by atoms with Crippen molar-refractivity contribution in [3.63, 3.8) is 0 Å². The zero-order chi connectivity index (χ0) is 13.8. The normalized spacial score (nSPS) is 17.1. The van der Waals surface area contributed by atoms with E-state index in [1.54, 1.807) is 0 Å². The summed E-state index contributed by atoms with van der Waals surface area (Å²) in [5, 5.41) is 3.76. The van der Waals surface area contributed by atoms with Gasteiger partial charge in [-0.2, -0.15) is 0 Å². The van der Waals surface area contributed by atoms with Gasteiger partial charge in [0.25, 0.3) is 0 Å². The molecule has 1 aliphatic heterocycles. The Hall–Kier alpha value is -1.02. The van der Waals surface area contributed by atoms with Gasteiger partial charge in [-0.15, -0.1) is 0 Å². The van der Waals surface area contributed by atoms with Gasteiger partial charge in [0.05, 0.1) is 6.61 Å². The molecule has 1 aromatic carbocycles. The fourth-order valence-electron chi connectivity index (χ4n) is 2.99. The molecule has 2 atom stereocenters. The summed E-state index contributed by atoms with van der Waals surface area (Å²) in [7, 11) is 0. The molecular formula is C17H27NO. The van der Waals surface area contributed by atoms with E-state index in [9.17, 15) is 0 Å². The summed E-state index contributed by atoms with van der Waals surface area (Å²) < 4.78 is 5.58. The second-order valence-electron chi connectivity index (χ2n) is 6.12. The molecule has 2 heteroatoms. The van der Waals surface area contributed by atoms with Gasteiger partial charge in [0.2, 0.25) is 0 Å². The summed E-state index contributed by atoms with van der Waals surface area (Å²) in [6, 6.07) is 7.70. The first kappa shape index (κ1) is 14.4. The minimum absolute atomic E-state index is 0.458. The second-order valence-corrected chi connectivity index (χ2v) is 6.12. The van der Waals surface area contributed by atoms with Crippen molar-refractivity contribution >= 4 is 0 Å². The van der Waals surface area contributed by atoms with Crippen molar-refractivity contribution in [3.05, 3.63) is 29.3 Å². The number of ether oxygens (including phenoxy) is 1. The third kappa shape index (κ3) is 3.73. The highest BCUT2D eigenvalue weighted by Crippen LogP contribution is 2.29. The van der Waals surface area contributed by atoms with E-state index in [2.05, 4.69) is 51.2 Å². The number of nitrogens with one attached hydrogen (secondary N) is 1. The van der Waals surface area contributed by atoms with Crippen LogP contribution in [0.4, 0.5) is 0 Å². The Labute approximate surface area is 117 Å². The van der Waals surface area contributed by atoms with Gasteiger partial charge in [-0.25, -0.2) is 0 Å². The zero-order valence-electron chi connectivity index (χ0n) is 12.7. The van der Waals surface area contributed by atoms with Crippen molar-refractivity contribution < 1.29 is 4.74 Å². The Bertz CT molecular complexity index is 414. The molecule has 0 amide bonds. The molecule has 1 N–H and O–H groups in total. The summed E-state index contributed by atoms with van der Waals surface area (Å²) >= 11 is 0. The molecular weight excluding hydrogens is 234 g/mol. The monoisotopic (exact) mass is 261 g/mol. The lowest BCUT2D eigenvalue weighted by molar-refractivity contribution is 0.356. The molecule has 1 heterocycles. The van der Waals surface area contributed by atoms with E-state index in [0.717, 1.165) is 31.1 Å². The van der Waals surface area contributed by atoms with Crippen molar-refractivity contribution in [2.75, 3.05) is 6.61 Å². The summed E-state index contributed by atoms with van der Waals surface area (Å²) in [6.07, 6.45) is 3.41. The first-order chi connectivity index (χ1) is 9.10. The first-order valence-corrected chi connectivity index (χ1v) is 7.61. The lowest BCUT2D eigenvalue weighted by atomic mass is 9.98. The maximum absolute atomic E-state index is 5.58. The predicted molar refractivity (Wildman–Crippen MR) is 80.7 cm³/mol. The Kier molecular flexibility index (Phi) is 4.87. The standard InChI is InChI=1S/C17H27NO/c1-5-16(18-13(4)10-12(2)3)14-6-7-17-15(11-14)8-9-19-17/h6-7,11-13,16,18H,5,8-10H2,1-4H3. The third-order valence-corrected chi connectivity index (χ3v) is 3.83. The van der Waals surface area contributed by atoms with Crippen LogP contribution in [0.2, 0.25) is 0 Å². The van der Waals surface area contributed by atoms with Crippen LogP contribution >= 0.6 is 0 Å². The highest BCUT2D eigenvalue weighted by Gasteiger charge is 2.17. The first-order valence-electron chi connectivity index (χ1n) is 7.61. The van der Waals surface area contributed by atoms with Gasteiger partial charge in [-0.1, -0.05) is 32.9 Å². The van der Waals surface area contributed by atoms with Crippen LogP contribution in [0.25, 0.3) is 0 Å². The Balaban J connectivity index is 2.05. The van der Waals surface area contributed by atoms with Gasteiger partial charge in [-0.3, -0.25) is 0 Å². The largest absolute Gasteiger partial charge is 0.493 e. The fraction of sp³-hybridized carbons (Fsp3) is 0.647. The molecule has 0 spiro atoms. The minimum atomic E-state index is 0.458. The second kappa shape index (κ2) is 6.42. The maximum atomic E-state index is 5.58. The fourth-order valence-corrected chi connectivity index (χ4v) is 2.99. The summed E-state index contributed by atoms with van der Waals surface area (Å²) in [6.45, 7) is 9.95. The van der Waals surface area contributed by atoms with Crippen LogP contribution in [0.15, 0.2) is 18.2 Å². The molecule has 1 aromatic rings. The molecule has 2 nitrogen and oxygen atoms in total. The van der Waals surface area contributed by atoms with E-state index >= 15 is 0 Å². The zero-order valence-corrected chi connectivity index (χ0v) is 12.7. The van der Waals surface area contributed by atoms with Crippen LogP contribution in [0, 0.1) is 5.92 Å². The van der Waals surface area contributed by atoms with Gasteiger partial charge in [0.1, 0.15) is 5.75 Å². The van der Waals surface area contributed by atoms with E-state index < -0.39 is 0 Å². The molecule has 0 aliphatic carbocycles. The molecule has 0 saturated carbocycles. The number of rotatable bonds is 6. The molecule has 0 saturated heterocycles. The van der Waals surface area contributed by atoms with Crippen LogP contribution in [0.5, 0.6) is 5.75 Å². The van der Waals surface area contributed by atoms with Crippen molar-refractivity contribution in [3.8, 4) is 5.75 Å². The molecule has 2 rings (SSSR count). The smallest absolute Gasteiger partial charge is 0.122 e. The number of fused-ring (bicyclic) bond motifs is 1. The van der Waals surface area contributed by atoms with Gasteiger partial charge in [0.15, 0.2) is 0 Å². The molecule has 0 aromatic heterocycles. The van der Waals surface area contributed by atoms with E-state index in [4.69, 9.17) is 4.74 Å². The van der Waals surface area contributed by atoms with E-state index in [1.807, 2.05) is 0 Å². The quantitative estimate of drug-likeness (QED) is 0.832. The third-order valence-electron chi connectivity index (χ3n) is 3.83. The Morgan fingerprint density at radius 1 is 1.26 bits per heavy atom. The van der Waals surface area contributed by atoms with Crippen molar-refractivity contribution in [1.29, 1.82) is 0 Å². The number of hydrogen-bond donors (Lipinski definition) is 1. The molecule has 2 unspecified atom stereocenters. The number of benzene rings is 1. The number of hydrogen-bond acceptors (Lipinski definition) is 2. The van der Waals surface area contributed by atoms with Crippen LogP contribution in [0.1, 0.15) is 57.7 Å². The molecule has 0 fully saturated rings. The summed E-state index contributed by atoms with van der Waals surface area (Å²) in [5.74, 6) is 1.82. The lowest BCUT2D eigenvalue weighted by Crippen LogP contribution is -2.31. The minimum Gasteiger partial charge on any atom is -0.493 e. The molecule has 1 aliphatic rings. The van der Waals surface area contributed by atoms with Gasteiger partial charge < -0.3 is 10.1 Å². The van der Waals surface area contributed by atoms with Crippen molar-refractivity contribution in [2.45, 2.75) is 59.0 Å². The molecule has 106 valence electrons. The molecule has 19 heavy (non-hydrogen) atoms. The summed E-state index contributed by atoms with van der Waals surface area (Å²) in [5.41, 5.74) is 2.77. The predicted octanol–water partition coefficient (Wildman–Crippen LogP) is 4.10. The lowest BCUT2D eigenvalue weighted by Gasteiger charge is -2.24. The highest BCUT2D eigenvalue weighted by atomic mass is 16.5. The van der Waals surface area contributed by atoms with Gasteiger partial charge in [-0.05, 0) is 42.9 Å². The van der Waals surface area contributed by atoms with Crippen molar-refractivity contribution in [2.24, 2.45) is 5.92 Å². The maximum Gasteiger partial charge on any atom is 0.122 e.